The van der Waals surface area contributed by atoms with Gasteiger partial charge in [-0.15, -0.1) is 0 Å². The zero-order valence-corrected chi connectivity index (χ0v) is 13.1. The van der Waals surface area contributed by atoms with Gasteiger partial charge in [0.2, 0.25) is 17.2 Å². The molecule has 0 saturated heterocycles. The third-order valence-corrected chi connectivity index (χ3v) is 4.12. The molecule has 1 aromatic rings. The van der Waals surface area contributed by atoms with Crippen molar-refractivity contribution in [3.05, 3.63) is 5.28 Å². The Balaban J connectivity index is 1.92. The molecule has 6 heteroatoms. The molecule has 0 bridgehead atoms. The van der Waals surface area contributed by atoms with Crippen LogP contribution in [0.3, 0.4) is 0 Å². The van der Waals surface area contributed by atoms with Crippen LogP contribution in [0.25, 0.3) is 0 Å². The van der Waals surface area contributed by atoms with Crippen LogP contribution in [0.2, 0.25) is 5.28 Å². The second-order valence-electron chi connectivity index (χ2n) is 5.58. The molecule has 5 nitrogen and oxygen atoms in total. The Kier molecular flexibility index (Phi) is 5.83. The Bertz CT molecular complexity index is 426. The number of rotatable bonds is 6. The van der Waals surface area contributed by atoms with E-state index in [1.165, 1.54) is 25.7 Å². The van der Waals surface area contributed by atoms with Crippen LogP contribution in [0, 0.1) is 11.8 Å². The number of nitrogens with zero attached hydrogens (tertiary/aromatic N) is 3. The van der Waals surface area contributed by atoms with Crippen molar-refractivity contribution in [2.24, 2.45) is 11.8 Å². The quantitative estimate of drug-likeness (QED) is 0.840. The van der Waals surface area contributed by atoms with Crippen LogP contribution in [-0.2, 0) is 0 Å². The maximum Gasteiger partial charge on any atom is 0.228 e. The van der Waals surface area contributed by atoms with Crippen molar-refractivity contribution in [1.82, 2.24) is 15.0 Å². The first kappa shape index (κ1) is 15.3. The van der Waals surface area contributed by atoms with Crippen LogP contribution in [0.1, 0.15) is 46.0 Å². The van der Waals surface area contributed by atoms with Crippen molar-refractivity contribution in [3.63, 3.8) is 0 Å². The molecule has 0 amide bonds. The van der Waals surface area contributed by atoms with Crippen molar-refractivity contribution in [3.8, 4) is 0 Å². The van der Waals surface area contributed by atoms with E-state index in [9.17, 15) is 0 Å². The molecule has 1 saturated carbocycles. The largest absolute Gasteiger partial charge is 0.354 e. The van der Waals surface area contributed by atoms with Gasteiger partial charge in [0, 0.05) is 13.1 Å². The Morgan fingerprint density at radius 1 is 1.10 bits per heavy atom. The zero-order valence-electron chi connectivity index (χ0n) is 12.3. The van der Waals surface area contributed by atoms with Gasteiger partial charge in [0.25, 0.3) is 0 Å². The Labute approximate surface area is 126 Å². The van der Waals surface area contributed by atoms with Gasteiger partial charge in [-0.1, -0.05) is 33.1 Å². The predicted octanol–water partition coefficient (Wildman–Crippen LogP) is 3.59. The van der Waals surface area contributed by atoms with E-state index in [2.05, 4.69) is 39.4 Å². The summed E-state index contributed by atoms with van der Waals surface area (Å²) in [6, 6.07) is 0. The van der Waals surface area contributed by atoms with Crippen molar-refractivity contribution < 1.29 is 0 Å². The summed E-state index contributed by atoms with van der Waals surface area (Å²) >= 11 is 5.94. The van der Waals surface area contributed by atoms with Gasteiger partial charge in [-0.3, -0.25) is 0 Å². The zero-order chi connectivity index (χ0) is 14.4. The van der Waals surface area contributed by atoms with E-state index in [1.54, 1.807) is 0 Å². The molecule has 2 atom stereocenters. The predicted molar refractivity (Wildman–Crippen MR) is 83.2 cm³/mol. The fourth-order valence-electron chi connectivity index (χ4n) is 2.66. The molecule has 2 unspecified atom stereocenters. The molecule has 1 aliphatic rings. The summed E-state index contributed by atoms with van der Waals surface area (Å²) in [6.07, 6.45) is 6.32. The summed E-state index contributed by atoms with van der Waals surface area (Å²) in [4.78, 5) is 12.6. The monoisotopic (exact) mass is 297 g/mol. The minimum Gasteiger partial charge on any atom is -0.354 e. The number of anilines is 2. The molecule has 2 N–H and O–H groups in total. The first-order valence-corrected chi connectivity index (χ1v) is 7.96. The van der Waals surface area contributed by atoms with E-state index in [4.69, 9.17) is 11.6 Å². The lowest BCUT2D eigenvalue weighted by atomic mass is 9.80. The molecular weight excluding hydrogens is 274 g/mol. The third kappa shape index (κ3) is 4.47. The average Bonchev–Trinajstić information content (AvgIpc) is 2.44. The van der Waals surface area contributed by atoms with Gasteiger partial charge in [-0.25, -0.2) is 0 Å². The molecule has 1 fully saturated rings. The fraction of sp³-hybridized carbons (Fsp3) is 0.786. The second-order valence-corrected chi connectivity index (χ2v) is 5.92. The maximum absolute atomic E-state index is 5.94. The Morgan fingerprint density at radius 3 is 2.50 bits per heavy atom. The summed E-state index contributed by atoms with van der Waals surface area (Å²) in [7, 11) is 0. The molecule has 0 radical (unpaired) electrons. The molecule has 0 aliphatic heterocycles. The average molecular weight is 298 g/mol. The first-order chi connectivity index (χ1) is 9.69. The number of hydrogen-bond donors (Lipinski definition) is 2. The van der Waals surface area contributed by atoms with Gasteiger partial charge in [0.05, 0.1) is 0 Å². The summed E-state index contributed by atoms with van der Waals surface area (Å²) < 4.78 is 0. The third-order valence-electron chi connectivity index (χ3n) is 3.95. The smallest absolute Gasteiger partial charge is 0.228 e. The van der Waals surface area contributed by atoms with E-state index in [-0.39, 0.29) is 5.28 Å². The number of nitrogens with one attached hydrogen (secondary N) is 2. The molecule has 112 valence electrons. The first-order valence-electron chi connectivity index (χ1n) is 7.58. The van der Waals surface area contributed by atoms with Crippen molar-refractivity contribution >= 4 is 23.5 Å². The SMILES string of the molecule is CCCNc1nc(Cl)nc(NCC2CCCCC2C)n1. The summed E-state index contributed by atoms with van der Waals surface area (Å²) in [6.45, 7) is 6.17. The van der Waals surface area contributed by atoms with Crippen LogP contribution in [0.4, 0.5) is 11.9 Å². The van der Waals surface area contributed by atoms with Gasteiger partial charge >= 0.3 is 0 Å². The van der Waals surface area contributed by atoms with E-state index < -0.39 is 0 Å². The highest BCUT2D eigenvalue weighted by Gasteiger charge is 2.21. The molecule has 1 heterocycles. The Morgan fingerprint density at radius 2 is 1.80 bits per heavy atom. The highest BCUT2D eigenvalue weighted by atomic mass is 35.5. The summed E-state index contributed by atoms with van der Waals surface area (Å²) in [5.74, 6) is 2.59. The minimum atomic E-state index is 0.234. The standard InChI is InChI=1S/C14H24ClN5/c1-3-8-16-13-18-12(15)19-14(20-13)17-9-11-7-5-4-6-10(11)2/h10-11H,3-9H2,1-2H3,(H2,16,17,18,19,20). The molecule has 20 heavy (non-hydrogen) atoms. The second kappa shape index (κ2) is 7.62. The lowest BCUT2D eigenvalue weighted by molar-refractivity contribution is 0.268. The van der Waals surface area contributed by atoms with E-state index in [0.29, 0.717) is 17.8 Å². The minimum absolute atomic E-state index is 0.234. The highest BCUT2D eigenvalue weighted by Crippen LogP contribution is 2.29. The number of hydrogen-bond acceptors (Lipinski definition) is 5. The van der Waals surface area contributed by atoms with Gasteiger partial charge in [0.15, 0.2) is 0 Å². The van der Waals surface area contributed by atoms with Crippen molar-refractivity contribution in [1.29, 1.82) is 0 Å². The van der Waals surface area contributed by atoms with Gasteiger partial charge in [-0.2, -0.15) is 15.0 Å². The highest BCUT2D eigenvalue weighted by molar-refractivity contribution is 6.28. The molecule has 0 spiro atoms. The van der Waals surface area contributed by atoms with E-state index in [1.807, 2.05) is 0 Å². The van der Waals surface area contributed by atoms with Crippen LogP contribution in [-0.4, -0.2) is 28.0 Å². The number of halogens is 1. The normalized spacial score (nSPS) is 22.6. The molecule has 1 aliphatic carbocycles. The van der Waals surface area contributed by atoms with Gasteiger partial charge < -0.3 is 10.6 Å². The molecule has 2 rings (SSSR count). The Hall–Kier alpha value is -1.10. The summed E-state index contributed by atoms with van der Waals surface area (Å²) in [5.41, 5.74) is 0. The van der Waals surface area contributed by atoms with E-state index in [0.717, 1.165) is 25.4 Å². The molecule has 1 aromatic heterocycles. The summed E-state index contributed by atoms with van der Waals surface area (Å²) in [5, 5.41) is 6.69. The van der Waals surface area contributed by atoms with Crippen molar-refractivity contribution in [2.75, 3.05) is 23.7 Å². The lowest BCUT2D eigenvalue weighted by Crippen LogP contribution is -2.25. The lowest BCUT2D eigenvalue weighted by Gasteiger charge is -2.28. The van der Waals surface area contributed by atoms with Crippen molar-refractivity contribution in [2.45, 2.75) is 46.0 Å². The topological polar surface area (TPSA) is 62.7 Å². The van der Waals surface area contributed by atoms with Crippen LogP contribution < -0.4 is 10.6 Å². The molecular formula is C14H24ClN5. The number of aromatic nitrogens is 3. The maximum atomic E-state index is 5.94. The van der Waals surface area contributed by atoms with Gasteiger partial charge in [0.1, 0.15) is 0 Å². The van der Waals surface area contributed by atoms with E-state index >= 15 is 0 Å². The van der Waals surface area contributed by atoms with Crippen LogP contribution in [0.5, 0.6) is 0 Å². The fourth-order valence-corrected chi connectivity index (χ4v) is 2.82. The van der Waals surface area contributed by atoms with Crippen LogP contribution in [0.15, 0.2) is 0 Å². The van der Waals surface area contributed by atoms with Gasteiger partial charge in [-0.05, 0) is 36.3 Å². The van der Waals surface area contributed by atoms with Crippen LogP contribution >= 0.6 is 11.6 Å². The molecule has 0 aromatic carbocycles.